The van der Waals surface area contributed by atoms with Crippen LogP contribution in [0.25, 0.3) is 55.7 Å². The molecule has 0 saturated heterocycles. The molecule has 4 aliphatic rings. The average Bonchev–Trinajstić information content (AvgIpc) is 3.07. The Morgan fingerprint density at radius 2 is 1.18 bits per heavy atom. The molecule has 4 saturated carbocycles. The number of aromatic nitrogens is 3. The van der Waals surface area contributed by atoms with Gasteiger partial charge in [0.15, 0.2) is 17.5 Å². The van der Waals surface area contributed by atoms with Gasteiger partial charge in [0, 0.05) is 22.1 Å². The Hall–Kier alpha value is -4.88. The fourth-order valence-corrected chi connectivity index (χ4v) is 9.21. The third kappa shape index (κ3) is 4.07. The van der Waals surface area contributed by atoms with Crippen molar-refractivity contribution >= 4 is 21.5 Å². The highest BCUT2D eigenvalue weighted by atomic mass is 15.0. The summed E-state index contributed by atoms with van der Waals surface area (Å²) < 4.78 is 0. The highest BCUT2D eigenvalue weighted by Gasteiger charge is 2.51. The van der Waals surface area contributed by atoms with Gasteiger partial charge in [-0.2, -0.15) is 5.26 Å². The van der Waals surface area contributed by atoms with Crippen LogP contribution in [-0.2, 0) is 5.41 Å². The van der Waals surface area contributed by atoms with Crippen LogP contribution >= 0.6 is 0 Å². The highest BCUT2D eigenvalue weighted by Crippen LogP contribution is 2.60. The zero-order valence-corrected chi connectivity index (χ0v) is 24.6. The molecule has 4 bridgehead atoms. The van der Waals surface area contributed by atoms with Crippen molar-refractivity contribution in [2.75, 3.05) is 0 Å². The fourth-order valence-electron chi connectivity index (χ4n) is 9.21. The van der Waals surface area contributed by atoms with Crippen LogP contribution in [0, 0.1) is 29.1 Å². The summed E-state index contributed by atoms with van der Waals surface area (Å²) in [5.41, 5.74) is 5.37. The smallest absolute Gasteiger partial charge is 0.164 e. The molecule has 1 heterocycles. The summed E-state index contributed by atoms with van der Waals surface area (Å²) in [6.07, 6.45) is 8.41. The molecule has 212 valence electrons. The van der Waals surface area contributed by atoms with E-state index < -0.39 is 0 Å². The number of benzene rings is 5. The lowest BCUT2D eigenvalue weighted by Crippen LogP contribution is -2.48. The molecule has 0 N–H and O–H groups in total. The van der Waals surface area contributed by atoms with Gasteiger partial charge >= 0.3 is 0 Å². The molecule has 4 fully saturated rings. The summed E-state index contributed by atoms with van der Waals surface area (Å²) in [5.74, 6) is 4.68. The van der Waals surface area contributed by atoms with E-state index in [9.17, 15) is 5.26 Å². The van der Waals surface area contributed by atoms with Gasteiger partial charge in [0.1, 0.15) is 0 Å². The Bertz CT molecular complexity index is 2070. The van der Waals surface area contributed by atoms with Crippen molar-refractivity contribution in [2.24, 2.45) is 17.8 Å². The van der Waals surface area contributed by atoms with Gasteiger partial charge in [0.2, 0.25) is 0 Å². The molecule has 44 heavy (non-hydrogen) atoms. The molecule has 4 heteroatoms. The molecule has 4 aliphatic carbocycles. The Labute approximate surface area is 257 Å². The second-order valence-electron chi connectivity index (χ2n) is 13.4. The van der Waals surface area contributed by atoms with E-state index in [-0.39, 0.29) is 0 Å². The Morgan fingerprint density at radius 1 is 0.591 bits per heavy atom. The second-order valence-corrected chi connectivity index (χ2v) is 13.4. The van der Waals surface area contributed by atoms with Gasteiger partial charge in [-0.1, -0.05) is 91.0 Å². The zero-order valence-electron chi connectivity index (χ0n) is 24.6. The first-order valence-electron chi connectivity index (χ1n) is 15.9. The minimum Gasteiger partial charge on any atom is -0.208 e. The van der Waals surface area contributed by atoms with Gasteiger partial charge in [0.05, 0.1) is 11.6 Å². The summed E-state index contributed by atoms with van der Waals surface area (Å²) in [4.78, 5) is 15.2. The van der Waals surface area contributed by atoms with Crippen molar-refractivity contribution in [3.63, 3.8) is 0 Å². The Kier molecular flexibility index (Phi) is 5.72. The SMILES string of the molecule is N#Cc1cccc2c(-c3nc(-c4ccccc4)nc(-c4ccc(C56C[C@H]7C[C@H](C5)C[C@@H](C6)C7)cc4)n3)cc3ccccc3c12. The Balaban J connectivity index is 1.21. The zero-order chi connectivity index (χ0) is 29.3. The molecule has 5 aromatic carbocycles. The maximum atomic E-state index is 10.0. The largest absolute Gasteiger partial charge is 0.208 e. The number of rotatable bonds is 4. The highest BCUT2D eigenvalue weighted by molar-refractivity contribution is 6.15. The van der Waals surface area contributed by atoms with E-state index >= 15 is 0 Å². The molecule has 6 aromatic rings. The fraction of sp³-hybridized carbons (Fsp3) is 0.250. The number of hydrogen-bond acceptors (Lipinski definition) is 4. The van der Waals surface area contributed by atoms with Gasteiger partial charge in [-0.05, 0) is 95.5 Å². The molecule has 0 atom stereocenters. The van der Waals surface area contributed by atoms with E-state index in [1.54, 1.807) is 0 Å². The molecule has 0 unspecified atom stereocenters. The average molecular weight is 569 g/mol. The molecule has 1 aromatic heterocycles. The maximum Gasteiger partial charge on any atom is 0.164 e. The van der Waals surface area contributed by atoms with Gasteiger partial charge in [-0.15, -0.1) is 0 Å². The predicted molar refractivity (Wildman–Crippen MR) is 176 cm³/mol. The first-order chi connectivity index (χ1) is 21.7. The van der Waals surface area contributed by atoms with Crippen molar-refractivity contribution < 1.29 is 0 Å². The summed E-state index contributed by atoms with van der Waals surface area (Å²) in [5, 5.41) is 14.1. The molecule has 0 spiro atoms. The Morgan fingerprint density at radius 3 is 1.86 bits per heavy atom. The van der Waals surface area contributed by atoms with Crippen LogP contribution in [0.2, 0.25) is 0 Å². The van der Waals surface area contributed by atoms with E-state index in [2.05, 4.69) is 54.6 Å². The summed E-state index contributed by atoms with van der Waals surface area (Å²) in [7, 11) is 0. The minimum absolute atomic E-state index is 0.356. The lowest BCUT2D eigenvalue weighted by molar-refractivity contribution is -0.00518. The molecular weight excluding hydrogens is 536 g/mol. The predicted octanol–water partition coefficient (Wildman–Crippen LogP) is 9.52. The number of nitriles is 1. The van der Waals surface area contributed by atoms with Crippen molar-refractivity contribution in [3.05, 3.63) is 114 Å². The molecule has 0 aliphatic heterocycles. The second kappa shape index (κ2) is 9.82. The normalized spacial score (nSPS) is 23.7. The summed E-state index contributed by atoms with van der Waals surface area (Å²) in [6.45, 7) is 0. The van der Waals surface area contributed by atoms with Crippen molar-refractivity contribution in [2.45, 2.75) is 43.9 Å². The van der Waals surface area contributed by atoms with Crippen molar-refractivity contribution in [3.8, 4) is 40.2 Å². The van der Waals surface area contributed by atoms with Gasteiger partial charge in [-0.25, -0.2) is 15.0 Å². The van der Waals surface area contributed by atoms with Crippen LogP contribution in [0.5, 0.6) is 0 Å². The molecular formula is C40H32N4. The number of nitrogens with zero attached hydrogens (tertiary/aromatic N) is 4. The van der Waals surface area contributed by atoms with Gasteiger partial charge < -0.3 is 0 Å². The lowest BCUT2D eigenvalue weighted by Gasteiger charge is -2.57. The van der Waals surface area contributed by atoms with E-state index in [4.69, 9.17) is 15.0 Å². The van der Waals surface area contributed by atoms with E-state index in [1.807, 2.05) is 54.6 Å². The first kappa shape index (κ1) is 25.6. The van der Waals surface area contributed by atoms with Crippen LogP contribution in [0.4, 0.5) is 0 Å². The minimum atomic E-state index is 0.356. The third-order valence-corrected chi connectivity index (χ3v) is 10.7. The van der Waals surface area contributed by atoms with E-state index in [1.165, 1.54) is 44.1 Å². The van der Waals surface area contributed by atoms with Crippen LogP contribution in [0.15, 0.2) is 103 Å². The summed E-state index contributed by atoms with van der Waals surface area (Å²) >= 11 is 0. The molecule has 10 rings (SSSR count). The summed E-state index contributed by atoms with van der Waals surface area (Å²) in [6, 6.07) is 38.0. The van der Waals surface area contributed by atoms with Gasteiger partial charge in [0.25, 0.3) is 0 Å². The first-order valence-corrected chi connectivity index (χ1v) is 15.9. The molecule has 0 radical (unpaired) electrons. The van der Waals surface area contributed by atoms with Crippen LogP contribution in [0.3, 0.4) is 0 Å². The van der Waals surface area contributed by atoms with Crippen molar-refractivity contribution in [1.82, 2.24) is 15.0 Å². The van der Waals surface area contributed by atoms with Crippen LogP contribution in [0.1, 0.15) is 49.7 Å². The maximum absolute atomic E-state index is 10.0. The molecule has 0 amide bonds. The van der Waals surface area contributed by atoms with Crippen molar-refractivity contribution in [1.29, 1.82) is 5.26 Å². The number of hydrogen-bond donors (Lipinski definition) is 0. The lowest BCUT2D eigenvalue weighted by atomic mass is 9.48. The van der Waals surface area contributed by atoms with Gasteiger partial charge in [-0.3, -0.25) is 0 Å². The quantitative estimate of drug-likeness (QED) is 0.199. The standard InChI is InChI=1S/C40H32N4/c41-24-31-10-6-12-34-35(20-30-9-4-5-11-33(30)36(31)34)39-43-37(28-7-2-1-3-8-28)42-38(44-39)29-13-15-32(16-14-29)40-21-25-17-26(22-40)19-27(18-25)23-40/h1-16,20,25-27H,17-19,21-23H2/t25-,26-,27-,40?. The van der Waals surface area contributed by atoms with E-state index in [0.717, 1.165) is 56.0 Å². The third-order valence-electron chi connectivity index (χ3n) is 10.7. The molecule has 4 nitrogen and oxygen atoms in total. The van der Waals surface area contributed by atoms with Crippen LogP contribution in [-0.4, -0.2) is 15.0 Å². The van der Waals surface area contributed by atoms with E-state index in [0.29, 0.717) is 28.5 Å². The van der Waals surface area contributed by atoms with Crippen LogP contribution < -0.4 is 0 Å². The number of fused-ring (bicyclic) bond motifs is 3. The monoisotopic (exact) mass is 568 g/mol. The topological polar surface area (TPSA) is 62.5 Å².